The lowest BCUT2D eigenvalue weighted by Crippen LogP contribution is -2.41. The number of carbonyl (C=O) groups excluding carboxylic acids is 1. The fourth-order valence-electron chi connectivity index (χ4n) is 3.59. The standard InChI is InChI=1S/C23H31N3O6S2/c1-30-12-8-25(9-13-31-2)21-7-6-18(23(27)24-19-4-3-5-20(33)17-19)16-22(21)34(28,29)26-10-14-32-15-11-26/h3-7,16-17,33H,8-15H2,1-2H3,(H,24,27). The van der Waals surface area contributed by atoms with Gasteiger partial charge in [0.2, 0.25) is 10.0 Å². The van der Waals surface area contributed by atoms with E-state index in [1.807, 2.05) is 4.90 Å². The Morgan fingerprint density at radius 2 is 1.76 bits per heavy atom. The van der Waals surface area contributed by atoms with Crippen LogP contribution in [-0.2, 0) is 24.2 Å². The van der Waals surface area contributed by atoms with E-state index in [9.17, 15) is 13.2 Å². The van der Waals surface area contributed by atoms with Crippen LogP contribution in [0.4, 0.5) is 11.4 Å². The first-order valence-corrected chi connectivity index (χ1v) is 12.8. The van der Waals surface area contributed by atoms with Gasteiger partial charge in [0.15, 0.2) is 0 Å². The van der Waals surface area contributed by atoms with Crippen molar-refractivity contribution >= 4 is 39.9 Å². The van der Waals surface area contributed by atoms with Gasteiger partial charge in [0, 0.05) is 56.5 Å². The molecule has 1 heterocycles. The first-order valence-electron chi connectivity index (χ1n) is 10.9. The predicted molar refractivity (Wildman–Crippen MR) is 134 cm³/mol. The molecule has 2 aromatic carbocycles. The highest BCUT2D eigenvalue weighted by Crippen LogP contribution is 2.30. The number of hydrogen-bond donors (Lipinski definition) is 2. The predicted octanol–water partition coefficient (Wildman–Crippen LogP) is 2.35. The lowest BCUT2D eigenvalue weighted by molar-refractivity contribution is 0.0730. The Bertz CT molecular complexity index is 1070. The molecule has 34 heavy (non-hydrogen) atoms. The van der Waals surface area contributed by atoms with Gasteiger partial charge in [0.25, 0.3) is 5.91 Å². The minimum Gasteiger partial charge on any atom is -0.383 e. The number of nitrogens with one attached hydrogen (secondary N) is 1. The maximum absolute atomic E-state index is 13.7. The summed E-state index contributed by atoms with van der Waals surface area (Å²) in [7, 11) is -0.705. The van der Waals surface area contributed by atoms with Gasteiger partial charge in [0.1, 0.15) is 4.90 Å². The second-order valence-corrected chi connectivity index (χ2v) is 10.1. The Balaban J connectivity index is 2.01. The SMILES string of the molecule is COCCN(CCOC)c1ccc(C(=O)Nc2cccc(S)c2)cc1S(=O)(=O)N1CCOCC1. The molecule has 0 spiro atoms. The van der Waals surface area contributed by atoms with Crippen LogP contribution in [0.15, 0.2) is 52.3 Å². The molecule has 0 unspecified atom stereocenters. The molecule has 0 aliphatic carbocycles. The summed E-state index contributed by atoms with van der Waals surface area (Å²) >= 11 is 4.30. The average Bonchev–Trinajstić information content (AvgIpc) is 2.84. The molecule has 0 atom stereocenters. The first-order chi connectivity index (χ1) is 16.4. The minimum atomic E-state index is -3.89. The topological polar surface area (TPSA) is 97.4 Å². The molecule has 1 aliphatic rings. The van der Waals surface area contributed by atoms with Gasteiger partial charge >= 0.3 is 0 Å². The summed E-state index contributed by atoms with van der Waals surface area (Å²) in [5, 5.41) is 2.80. The molecule has 1 aliphatic heterocycles. The van der Waals surface area contributed by atoms with E-state index in [0.717, 1.165) is 0 Å². The van der Waals surface area contributed by atoms with Gasteiger partial charge in [-0.25, -0.2) is 8.42 Å². The largest absolute Gasteiger partial charge is 0.383 e. The Labute approximate surface area is 206 Å². The Morgan fingerprint density at radius 3 is 2.38 bits per heavy atom. The third kappa shape index (κ3) is 6.71. The zero-order chi connectivity index (χ0) is 24.6. The molecule has 0 saturated carbocycles. The van der Waals surface area contributed by atoms with Crippen molar-refractivity contribution in [2.75, 3.05) is 77.0 Å². The van der Waals surface area contributed by atoms with Crippen molar-refractivity contribution in [1.82, 2.24) is 4.31 Å². The van der Waals surface area contributed by atoms with E-state index in [0.29, 0.717) is 55.8 Å². The maximum atomic E-state index is 13.7. The number of sulfonamides is 1. The number of ether oxygens (including phenoxy) is 3. The van der Waals surface area contributed by atoms with Gasteiger partial charge in [-0.15, -0.1) is 12.6 Å². The Kier molecular flexibility index (Phi) is 9.74. The summed E-state index contributed by atoms with van der Waals surface area (Å²) in [4.78, 5) is 15.7. The number of carbonyl (C=O) groups is 1. The number of anilines is 2. The summed E-state index contributed by atoms with van der Waals surface area (Å²) in [6.45, 7) is 2.90. The van der Waals surface area contributed by atoms with Crippen molar-refractivity contribution in [3.8, 4) is 0 Å². The Hall–Kier alpha value is -2.15. The van der Waals surface area contributed by atoms with Gasteiger partial charge in [-0.3, -0.25) is 4.79 Å². The highest BCUT2D eigenvalue weighted by atomic mass is 32.2. The zero-order valence-electron chi connectivity index (χ0n) is 19.4. The van der Waals surface area contributed by atoms with Crippen molar-refractivity contribution in [2.45, 2.75) is 9.79 Å². The van der Waals surface area contributed by atoms with Crippen LogP contribution in [0.5, 0.6) is 0 Å². The van der Waals surface area contributed by atoms with E-state index in [1.54, 1.807) is 50.6 Å². The Morgan fingerprint density at radius 1 is 1.09 bits per heavy atom. The normalized spacial score (nSPS) is 14.7. The lowest BCUT2D eigenvalue weighted by atomic mass is 10.1. The average molecular weight is 510 g/mol. The molecule has 0 aromatic heterocycles. The highest BCUT2D eigenvalue weighted by molar-refractivity contribution is 7.89. The molecule has 0 bridgehead atoms. The number of rotatable bonds is 11. The molecule has 2 aromatic rings. The van der Waals surface area contributed by atoms with Crippen molar-refractivity contribution in [3.05, 3.63) is 48.0 Å². The van der Waals surface area contributed by atoms with Gasteiger partial charge in [-0.05, 0) is 36.4 Å². The number of amides is 1. The van der Waals surface area contributed by atoms with Crippen molar-refractivity contribution in [3.63, 3.8) is 0 Å². The molecular weight excluding hydrogens is 478 g/mol. The molecule has 1 amide bonds. The second-order valence-electron chi connectivity index (χ2n) is 7.68. The lowest BCUT2D eigenvalue weighted by Gasteiger charge is -2.30. The van der Waals surface area contributed by atoms with Crippen LogP contribution in [-0.4, -0.2) is 85.5 Å². The van der Waals surface area contributed by atoms with E-state index >= 15 is 0 Å². The third-order valence-electron chi connectivity index (χ3n) is 5.39. The molecule has 1 N–H and O–H groups in total. The zero-order valence-corrected chi connectivity index (χ0v) is 21.1. The van der Waals surface area contributed by atoms with Crippen LogP contribution in [0.3, 0.4) is 0 Å². The van der Waals surface area contributed by atoms with E-state index < -0.39 is 15.9 Å². The molecule has 1 saturated heterocycles. The fourth-order valence-corrected chi connectivity index (χ4v) is 5.46. The van der Waals surface area contributed by atoms with Crippen LogP contribution in [0.2, 0.25) is 0 Å². The summed E-state index contributed by atoms with van der Waals surface area (Å²) in [6, 6.07) is 11.8. The molecule has 11 heteroatoms. The molecule has 1 fully saturated rings. The van der Waals surface area contributed by atoms with Gasteiger partial charge in [-0.1, -0.05) is 6.07 Å². The smallest absolute Gasteiger partial charge is 0.255 e. The van der Waals surface area contributed by atoms with Gasteiger partial charge in [0.05, 0.1) is 32.1 Å². The summed E-state index contributed by atoms with van der Waals surface area (Å²) in [5.74, 6) is -0.413. The van der Waals surface area contributed by atoms with Crippen LogP contribution in [0.25, 0.3) is 0 Å². The van der Waals surface area contributed by atoms with Crippen LogP contribution in [0, 0.1) is 0 Å². The third-order valence-corrected chi connectivity index (χ3v) is 7.59. The number of thiol groups is 1. The van der Waals surface area contributed by atoms with Crippen LogP contribution < -0.4 is 10.2 Å². The van der Waals surface area contributed by atoms with E-state index in [4.69, 9.17) is 14.2 Å². The minimum absolute atomic E-state index is 0.0669. The quantitative estimate of drug-likeness (QED) is 0.449. The van der Waals surface area contributed by atoms with Crippen molar-refractivity contribution in [1.29, 1.82) is 0 Å². The molecule has 0 radical (unpaired) electrons. The molecule has 9 nitrogen and oxygen atoms in total. The highest BCUT2D eigenvalue weighted by Gasteiger charge is 2.31. The number of benzene rings is 2. The number of methoxy groups -OCH3 is 2. The molecular formula is C23H31N3O6S2. The summed E-state index contributed by atoms with van der Waals surface area (Å²) in [6.07, 6.45) is 0. The number of morpholine rings is 1. The molecule has 186 valence electrons. The van der Waals surface area contributed by atoms with Crippen LogP contribution >= 0.6 is 12.6 Å². The van der Waals surface area contributed by atoms with Crippen LogP contribution in [0.1, 0.15) is 10.4 Å². The van der Waals surface area contributed by atoms with Crippen molar-refractivity contribution in [2.24, 2.45) is 0 Å². The van der Waals surface area contributed by atoms with E-state index in [2.05, 4.69) is 17.9 Å². The van der Waals surface area contributed by atoms with E-state index in [-0.39, 0.29) is 23.5 Å². The fraction of sp³-hybridized carbons (Fsp3) is 0.435. The van der Waals surface area contributed by atoms with Crippen molar-refractivity contribution < 1.29 is 27.4 Å². The number of nitrogens with zero attached hydrogens (tertiary/aromatic N) is 2. The first kappa shape index (κ1) is 26.5. The monoisotopic (exact) mass is 509 g/mol. The molecule has 3 rings (SSSR count). The number of hydrogen-bond acceptors (Lipinski definition) is 8. The van der Waals surface area contributed by atoms with Gasteiger partial charge < -0.3 is 24.4 Å². The van der Waals surface area contributed by atoms with E-state index in [1.165, 1.54) is 10.4 Å². The van der Waals surface area contributed by atoms with Gasteiger partial charge in [-0.2, -0.15) is 4.31 Å². The second kappa shape index (κ2) is 12.5. The summed E-state index contributed by atoms with van der Waals surface area (Å²) in [5.41, 5.74) is 1.30. The maximum Gasteiger partial charge on any atom is 0.255 e. The summed E-state index contributed by atoms with van der Waals surface area (Å²) < 4.78 is 44.5.